The molecule has 0 aliphatic carbocycles. The third-order valence-corrected chi connectivity index (χ3v) is 5.03. The first-order valence-corrected chi connectivity index (χ1v) is 8.97. The molecule has 0 spiro atoms. The van der Waals surface area contributed by atoms with Crippen LogP contribution in [0, 0.1) is 11.8 Å². The molecule has 1 atom stereocenters. The quantitative estimate of drug-likeness (QED) is 0.674. The summed E-state index contributed by atoms with van der Waals surface area (Å²) in [5, 5.41) is 0. The summed E-state index contributed by atoms with van der Waals surface area (Å²) in [5.41, 5.74) is 1.40. The highest BCUT2D eigenvalue weighted by Crippen LogP contribution is 2.22. The van der Waals surface area contributed by atoms with Gasteiger partial charge in [0.1, 0.15) is 0 Å². The summed E-state index contributed by atoms with van der Waals surface area (Å²) in [6.07, 6.45) is 12.6. The SMILES string of the molecule is CCCCC(CC)C[n+]1ccc(N2CCC(C)CC2)cc1. The van der Waals surface area contributed by atoms with E-state index in [1.807, 2.05) is 0 Å². The van der Waals surface area contributed by atoms with Crippen LogP contribution in [-0.4, -0.2) is 13.1 Å². The van der Waals surface area contributed by atoms with E-state index in [1.54, 1.807) is 0 Å². The minimum Gasteiger partial charge on any atom is -0.371 e. The molecular formula is C19H33N2+. The van der Waals surface area contributed by atoms with Gasteiger partial charge in [0.05, 0.1) is 0 Å². The number of rotatable bonds is 7. The number of hydrogen-bond acceptors (Lipinski definition) is 1. The van der Waals surface area contributed by atoms with Gasteiger partial charge in [0.25, 0.3) is 0 Å². The van der Waals surface area contributed by atoms with Crippen molar-refractivity contribution < 1.29 is 4.57 Å². The third kappa shape index (κ3) is 5.01. The smallest absolute Gasteiger partial charge is 0.170 e. The Labute approximate surface area is 131 Å². The number of pyridine rings is 1. The standard InChI is InChI=1S/C19H33N2/c1-4-6-7-18(5-2)16-20-12-10-19(11-13-20)21-14-8-17(3)9-15-21/h10-13,17-18H,4-9,14-16H2,1-3H3/q+1. The lowest BCUT2D eigenvalue weighted by molar-refractivity contribution is -0.703. The molecule has 0 N–H and O–H groups in total. The molecular weight excluding hydrogens is 256 g/mol. The van der Waals surface area contributed by atoms with E-state index in [9.17, 15) is 0 Å². The minimum absolute atomic E-state index is 0.830. The number of unbranched alkanes of at least 4 members (excludes halogenated alkanes) is 1. The van der Waals surface area contributed by atoms with Crippen LogP contribution in [0.15, 0.2) is 24.5 Å². The van der Waals surface area contributed by atoms with Crippen molar-refractivity contribution in [2.45, 2.75) is 65.8 Å². The van der Waals surface area contributed by atoms with E-state index in [0.717, 1.165) is 11.8 Å². The number of anilines is 1. The topological polar surface area (TPSA) is 7.12 Å². The maximum Gasteiger partial charge on any atom is 0.170 e. The average molecular weight is 289 g/mol. The second-order valence-electron chi connectivity index (χ2n) is 6.84. The minimum atomic E-state index is 0.830. The van der Waals surface area contributed by atoms with Crippen LogP contribution < -0.4 is 9.47 Å². The third-order valence-electron chi connectivity index (χ3n) is 5.03. The molecule has 2 heteroatoms. The van der Waals surface area contributed by atoms with Crippen molar-refractivity contribution in [2.24, 2.45) is 11.8 Å². The van der Waals surface area contributed by atoms with Gasteiger partial charge in [0.15, 0.2) is 18.9 Å². The van der Waals surface area contributed by atoms with E-state index in [4.69, 9.17) is 0 Å². The van der Waals surface area contributed by atoms with Gasteiger partial charge in [-0.1, -0.05) is 33.6 Å². The molecule has 118 valence electrons. The number of nitrogens with zero attached hydrogens (tertiary/aromatic N) is 2. The molecule has 0 aromatic carbocycles. The van der Waals surface area contributed by atoms with Crippen LogP contribution in [0.4, 0.5) is 5.69 Å². The Hall–Kier alpha value is -1.05. The van der Waals surface area contributed by atoms with Crippen LogP contribution in [-0.2, 0) is 6.54 Å². The summed E-state index contributed by atoms with van der Waals surface area (Å²) in [5.74, 6) is 1.73. The van der Waals surface area contributed by atoms with Gasteiger partial charge >= 0.3 is 0 Å². The van der Waals surface area contributed by atoms with Crippen LogP contribution in [0.1, 0.15) is 59.3 Å². The Kier molecular flexibility index (Phi) is 6.53. The van der Waals surface area contributed by atoms with Gasteiger partial charge in [-0.3, -0.25) is 0 Å². The molecule has 1 saturated heterocycles. The van der Waals surface area contributed by atoms with E-state index >= 15 is 0 Å². The molecule has 1 fully saturated rings. The number of aromatic nitrogens is 1. The Bertz CT molecular complexity index is 391. The van der Waals surface area contributed by atoms with Crippen molar-refractivity contribution >= 4 is 5.69 Å². The fourth-order valence-electron chi connectivity index (χ4n) is 3.26. The number of piperidine rings is 1. The molecule has 0 bridgehead atoms. The molecule has 2 rings (SSSR count). The van der Waals surface area contributed by atoms with E-state index in [0.29, 0.717) is 0 Å². The lowest BCUT2D eigenvalue weighted by atomic mass is 9.98. The zero-order chi connectivity index (χ0) is 15.1. The van der Waals surface area contributed by atoms with Crippen molar-refractivity contribution in [1.82, 2.24) is 0 Å². The molecule has 0 radical (unpaired) electrons. The maximum absolute atomic E-state index is 2.54. The first-order valence-electron chi connectivity index (χ1n) is 8.97. The first-order chi connectivity index (χ1) is 10.2. The largest absolute Gasteiger partial charge is 0.371 e. The highest BCUT2D eigenvalue weighted by atomic mass is 15.1. The summed E-state index contributed by atoms with van der Waals surface area (Å²) < 4.78 is 2.37. The Morgan fingerprint density at radius 3 is 2.43 bits per heavy atom. The second-order valence-corrected chi connectivity index (χ2v) is 6.84. The molecule has 2 heterocycles. The Morgan fingerprint density at radius 1 is 1.19 bits per heavy atom. The van der Waals surface area contributed by atoms with E-state index in [-0.39, 0.29) is 0 Å². The molecule has 1 aromatic heterocycles. The van der Waals surface area contributed by atoms with Gasteiger partial charge in [0, 0.05) is 36.8 Å². The van der Waals surface area contributed by atoms with E-state index < -0.39 is 0 Å². The fraction of sp³-hybridized carbons (Fsp3) is 0.737. The summed E-state index contributed by atoms with van der Waals surface area (Å²) in [6, 6.07) is 4.62. The van der Waals surface area contributed by atoms with E-state index in [2.05, 4.69) is 54.8 Å². The van der Waals surface area contributed by atoms with E-state index in [1.165, 1.54) is 63.8 Å². The zero-order valence-corrected chi connectivity index (χ0v) is 14.2. The zero-order valence-electron chi connectivity index (χ0n) is 14.2. The van der Waals surface area contributed by atoms with Gasteiger partial charge in [-0.15, -0.1) is 0 Å². The Balaban J connectivity index is 1.89. The highest BCUT2D eigenvalue weighted by Gasteiger charge is 2.17. The number of hydrogen-bond donors (Lipinski definition) is 0. The van der Waals surface area contributed by atoms with Crippen molar-refractivity contribution in [3.05, 3.63) is 24.5 Å². The molecule has 1 unspecified atom stereocenters. The normalized spacial score (nSPS) is 18.0. The highest BCUT2D eigenvalue weighted by molar-refractivity contribution is 5.43. The van der Waals surface area contributed by atoms with Gasteiger partial charge in [-0.25, -0.2) is 4.57 Å². The van der Waals surface area contributed by atoms with Crippen molar-refractivity contribution in [3.8, 4) is 0 Å². The molecule has 21 heavy (non-hydrogen) atoms. The lowest BCUT2D eigenvalue weighted by Crippen LogP contribution is -2.38. The lowest BCUT2D eigenvalue weighted by Gasteiger charge is -2.31. The summed E-state index contributed by atoms with van der Waals surface area (Å²) in [7, 11) is 0. The molecule has 2 nitrogen and oxygen atoms in total. The van der Waals surface area contributed by atoms with Crippen LogP contribution in [0.3, 0.4) is 0 Å². The molecule has 1 aliphatic rings. The second kappa shape index (κ2) is 8.41. The maximum atomic E-state index is 2.54. The molecule has 0 amide bonds. The van der Waals surface area contributed by atoms with Crippen molar-refractivity contribution in [3.63, 3.8) is 0 Å². The van der Waals surface area contributed by atoms with Crippen molar-refractivity contribution in [1.29, 1.82) is 0 Å². The summed E-state index contributed by atoms with van der Waals surface area (Å²) in [4.78, 5) is 2.54. The van der Waals surface area contributed by atoms with Crippen molar-refractivity contribution in [2.75, 3.05) is 18.0 Å². The first kappa shape index (κ1) is 16.3. The average Bonchev–Trinajstić information content (AvgIpc) is 2.53. The Morgan fingerprint density at radius 2 is 1.86 bits per heavy atom. The van der Waals surface area contributed by atoms with Gasteiger partial charge in [-0.05, 0) is 31.6 Å². The summed E-state index contributed by atoms with van der Waals surface area (Å²) in [6.45, 7) is 10.6. The van der Waals surface area contributed by atoms with Gasteiger partial charge < -0.3 is 4.90 Å². The molecule has 1 aromatic rings. The van der Waals surface area contributed by atoms with Crippen LogP contribution >= 0.6 is 0 Å². The predicted molar refractivity (Wildman–Crippen MR) is 90.6 cm³/mol. The van der Waals surface area contributed by atoms with Gasteiger partial charge in [-0.2, -0.15) is 0 Å². The van der Waals surface area contributed by atoms with Gasteiger partial charge in [0.2, 0.25) is 0 Å². The fourth-order valence-corrected chi connectivity index (χ4v) is 3.26. The molecule has 0 saturated carbocycles. The van der Waals surface area contributed by atoms with Crippen LogP contribution in [0.25, 0.3) is 0 Å². The van der Waals surface area contributed by atoms with Crippen LogP contribution in [0.5, 0.6) is 0 Å². The predicted octanol–water partition coefficient (Wildman–Crippen LogP) is 4.43. The molecule has 1 aliphatic heterocycles. The van der Waals surface area contributed by atoms with Crippen LogP contribution in [0.2, 0.25) is 0 Å². The monoisotopic (exact) mass is 289 g/mol. The summed E-state index contributed by atoms with van der Waals surface area (Å²) >= 11 is 0.